The average Bonchev–Trinajstić information content (AvgIpc) is 3.06. The molecule has 1 aromatic rings. The van der Waals surface area contributed by atoms with Crippen molar-refractivity contribution >= 4 is 0 Å². The summed E-state index contributed by atoms with van der Waals surface area (Å²) in [5.41, 5.74) is -0.0554. The van der Waals surface area contributed by atoms with E-state index < -0.39 is 0 Å². The van der Waals surface area contributed by atoms with Gasteiger partial charge in [0.2, 0.25) is 5.89 Å². The third-order valence-corrected chi connectivity index (χ3v) is 5.67. The molecule has 0 amide bonds. The minimum atomic E-state index is -0.0554. The van der Waals surface area contributed by atoms with Crippen molar-refractivity contribution in [2.24, 2.45) is 5.92 Å². The van der Waals surface area contributed by atoms with Crippen LogP contribution >= 0.6 is 0 Å². The van der Waals surface area contributed by atoms with E-state index in [9.17, 15) is 0 Å². The largest absolute Gasteiger partial charge is 0.338 e. The van der Waals surface area contributed by atoms with Crippen LogP contribution in [0.1, 0.15) is 77.6 Å². The molecule has 136 valence electrons. The Bertz CT molecular complexity index is 508. The van der Waals surface area contributed by atoms with Gasteiger partial charge >= 0.3 is 0 Å². The molecule has 0 radical (unpaired) electrons. The van der Waals surface area contributed by atoms with E-state index in [-0.39, 0.29) is 11.5 Å². The SMILES string of the molecule is CC(c1nc(C(C)(C)C)no1)N1CCN(CC2CCCCC2)CC1. The monoisotopic (exact) mass is 334 g/mol. The molecule has 24 heavy (non-hydrogen) atoms. The van der Waals surface area contributed by atoms with Crippen molar-refractivity contribution in [1.29, 1.82) is 0 Å². The van der Waals surface area contributed by atoms with Gasteiger partial charge in [-0.1, -0.05) is 45.2 Å². The van der Waals surface area contributed by atoms with E-state index in [0.29, 0.717) is 0 Å². The Morgan fingerprint density at radius 1 is 1.08 bits per heavy atom. The maximum atomic E-state index is 5.54. The summed E-state index contributed by atoms with van der Waals surface area (Å²) < 4.78 is 5.54. The smallest absolute Gasteiger partial charge is 0.243 e. The quantitative estimate of drug-likeness (QED) is 0.841. The molecule has 2 aliphatic rings. The van der Waals surface area contributed by atoms with Gasteiger partial charge in [0.25, 0.3) is 0 Å². The van der Waals surface area contributed by atoms with Crippen molar-refractivity contribution in [2.75, 3.05) is 32.7 Å². The van der Waals surface area contributed by atoms with Crippen molar-refractivity contribution in [3.8, 4) is 0 Å². The van der Waals surface area contributed by atoms with Crippen molar-refractivity contribution in [1.82, 2.24) is 19.9 Å². The first-order valence-electron chi connectivity index (χ1n) is 9.74. The van der Waals surface area contributed by atoms with Gasteiger partial charge in [-0.05, 0) is 25.7 Å². The lowest BCUT2D eigenvalue weighted by molar-refractivity contribution is 0.0749. The lowest BCUT2D eigenvalue weighted by atomic mass is 9.89. The van der Waals surface area contributed by atoms with Crippen molar-refractivity contribution in [2.45, 2.75) is 71.3 Å². The normalized spacial score (nSPS) is 23.5. The van der Waals surface area contributed by atoms with Crippen LogP contribution in [-0.2, 0) is 5.41 Å². The molecule has 1 aliphatic heterocycles. The van der Waals surface area contributed by atoms with Gasteiger partial charge in [-0.15, -0.1) is 0 Å². The summed E-state index contributed by atoms with van der Waals surface area (Å²) in [7, 11) is 0. The molecule has 0 N–H and O–H groups in total. The fourth-order valence-corrected chi connectivity index (χ4v) is 3.93. The molecule has 0 bridgehead atoms. The molecule has 0 spiro atoms. The molecule has 1 unspecified atom stereocenters. The van der Waals surface area contributed by atoms with Gasteiger partial charge in [0, 0.05) is 38.1 Å². The summed E-state index contributed by atoms with van der Waals surface area (Å²) in [4.78, 5) is 9.78. The molecular formula is C19H34N4O. The van der Waals surface area contributed by atoms with Gasteiger partial charge in [0.05, 0.1) is 6.04 Å². The summed E-state index contributed by atoms with van der Waals surface area (Å²) in [6, 6.07) is 0.213. The first kappa shape index (κ1) is 17.9. The molecule has 5 heteroatoms. The Morgan fingerprint density at radius 2 is 1.75 bits per heavy atom. The number of hydrogen-bond acceptors (Lipinski definition) is 5. The van der Waals surface area contributed by atoms with Gasteiger partial charge < -0.3 is 9.42 Å². The predicted octanol–water partition coefficient (Wildman–Crippen LogP) is 3.63. The zero-order valence-corrected chi connectivity index (χ0v) is 15.9. The van der Waals surface area contributed by atoms with Crippen molar-refractivity contribution in [3.63, 3.8) is 0 Å². The average molecular weight is 335 g/mol. The summed E-state index contributed by atoms with van der Waals surface area (Å²) in [5, 5.41) is 4.17. The highest BCUT2D eigenvalue weighted by molar-refractivity contribution is 5.02. The second-order valence-electron chi connectivity index (χ2n) is 8.72. The Balaban J connectivity index is 1.49. The van der Waals surface area contributed by atoms with E-state index in [1.54, 1.807) is 0 Å². The Labute approximate surface area is 146 Å². The third kappa shape index (κ3) is 4.37. The number of aromatic nitrogens is 2. The van der Waals surface area contributed by atoms with Crippen LogP contribution in [0.25, 0.3) is 0 Å². The standard InChI is InChI=1S/C19H34N4O/c1-15(17-20-18(21-24-17)19(2,3)4)23-12-10-22(11-13-23)14-16-8-6-5-7-9-16/h15-16H,5-14H2,1-4H3. The number of rotatable bonds is 4. The lowest BCUT2D eigenvalue weighted by Gasteiger charge is -2.38. The fourth-order valence-electron chi connectivity index (χ4n) is 3.93. The van der Waals surface area contributed by atoms with Gasteiger partial charge in [0.15, 0.2) is 5.82 Å². The minimum Gasteiger partial charge on any atom is -0.338 e. The maximum absolute atomic E-state index is 5.54. The molecule has 1 saturated carbocycles. The summed E-state index contributed by atoms with van der Waals surface area (Å²) in [5.74, 6) is 2.51. The van der Waals surface area contributed by atoms with Crippen LogP contribution in [0.3, 0.4) is 0 Å². The fraction of sp³-hybridized carbons (Fsp3) is 0.895. The van der Waals surface area contributed by atoms with Crippen LogP contribution in [0.2, 0.25) is 0 Å². The van der Waals surface area contributed by atoms with E-state index in [4.69, 9.17) is 4.52 Å². The summed E-state index contributed by atoms with van der Waals surface area (Å²) >= 11 is 0. The molecule has 1 atom stereocenters. The Morgan fingerprint density at radius 3 is 2.33 bits per heavy atom. The zero-order valence-electron chi connectivity index (χ0n) is 15.9. The van der Waals surface area contributed by atoms with Gasteiger partial charge in [-0.3, -0.25) is 4.90 Å². The Kier molecular flexibility index (Phi) is 5.60. The van der Waals surface area contributed by atoms with Gasteiger partial charge in [-0.25, -0.2) is 0 Å². The first-order chi connectivity index (χ1) is 11.4. The number of hydrogen-bond donors (Lipinski definition) is 0. The minimum absolute atomic E-state index is 0.0554. The lowest BCUT2D eigenvalue weighted by Crippen LogP contribution is -2.48. The van der Waals surface area contributed by atoms with E-state index >= 15 is 0 Å². The van der Waals surface area contributed by atoms with Crippen molar-refractivity contribution in [3.05, 3.63) is 11.7 Å². The van der Waals surface area contributed by atoms with Crippen LogP contribution in [0, 0.1) is 5.92 Å². The topological polar surface area (TPSA) is 45.4 Å². The Hall–Kier alpha value is -0.940. The predicted molar refractivity (Wildman–Crippen MR) is 96.0 cm³/mol. The highest BCUT2D eigenvalue weighted by Gasteiger charge is 2.29. The van der Waals surface area contributed by atoms with Gasteiger partial charge in [-0.2, -0.15) is 4.98 Å². The summed E-state index contributed by atoms with van der Waals surface area (Å²) in [6.45, 7) is 14.4. The van der Waals surface area contributed by atoms with Crippen LogP contribution in [0.15, 0.2) is 4.52 Å². The number of nitrogens with zero attached hydrogens (tertiary/aromatic N) is 4. The van der Waals surface area contributed by atoms with Crippen LogP contribution in [0.5, 0.6) is 0 Å². The molecule has 3 rings (SSSR count). The van der Waals surface area contributed by atoms with E-state index in [0.717, 1.165) is 30.7 Å². The maximum Gasteiger partial charge on any atom is 0.243 e. The molecule has 5 nitrogen and oxygen atoms in total. The molecule has 1 aromatic heterocycles. The van der Waals surface area contributed by atoms with E-state index in [1.165, 1.54) is 51.7 Å². The molecular weight excluding hydrogens is 300 g/mol. The molecule has 0 aromatic carbocycles. The van der Waals surface area contributed by atoms with E-state index in [2.05, 4.69) is 47.6 Å². The van der Waals surface area contributed by atoms with Crippen molar-refractivity contribution < 1.29 is 4.52 Å². The van der Waals surface area contributed by atoms with E-state index in [1.807, 2.05) is 0 Å². The second-order valence-corrected chi connectivity index (χ2v) is 8.72. The molecule has 2 fully saturated rings. The van der Waals surface area contributed by atoms with Crippen LogP contribution in [-0.4, -0.2) is 52.7 Å². The van der Waals surface area contributed by atoms with Crippen LogP contribution in [0.4, 0.5) is 0 Å². The molecule has 2 heterocycles. The number of piperazine rings is 1. The van der Waals surface area contributed by atoms with Gasteiger partial charge in [0.1, 0.15) is 0 Å². The summed E-state index contributed by atoms with van der Waals surface area (Å²) in [6.07, 6.45) is 7.20. The second kappa shape index (κ2) is 7.52. The third-order valence-electron chi connectivity index (χ3n) is 5.67. The molecule has 1 saturated heterocycles. The molecule has 1 aliphatic carbocycles. The zero-order chi connectivity index (χ0) is 17.2. The highest BCUT2D eigenvalue weighted by Crippen LogP contribution is 2.27. The highest BCUT2D eigenvalue weighted by atomic mass is 16.5. The first-order valence-corrected chi connectivity index (χ1v) is 9.74. The van der Waals surface area contributed by atoms with Crippen LogP contribution < -0.4 is 0 Å².